The highest BCUT2D eigenvalue weighted by molar-refractivity contribution is 9.11. The van der Waals surface area contributed by atoms with E-state index in [0.717, 1.165) is 19.6 Å². The summed E-state index contributed by atoms with van der Waals surface area (Å²) in [5.74, 6) is 0.560. The summed E-state index contributed by atoms with van der Waals surface area (Å²) < 4.78 is 6.77. The lowest BCUT2D eigenvalue weighted by molar-refractivity contribution is 0.133. The molecule has 2 rings (SSSR count). The molecule has 2 heterocycles. The van der Waals surface area contributed by atoms with Crippen LogP contribution in [0.5, 0.6) is 0 Å². The number of fused-ring (bicyclic) bond motifs is 1. The molecular weight excluding hydrogens is 236 g/mol. The molecule has 0 radical (unpaired) electrons. The normalized spacial score (nSPS) is 23.3. The summed E-state index contributed by atoms with van der Waals surface area (Å²) in [4.78, 5) is 0. The van der Waals surface area contributed by atoms with Gasteiger partial charge in [-0.3, -0.25) is 0 Å². The van der Waals surface area contributed by atoms with Crippen LogP contribution in [0.15, 0.2) is 9.17 Å². The van der Waals surface area contributed by atoms with Gasteiger partial charge in [-0.15, -0.1) is 11.3 Å². The van der Waals surface area contributed by atoms with Gasteiger partial charge in [0.1, 0.15) is 0 Å². The maximum absolute atomic E-state index is 5.49. The first-order valence-corrected chi connectivity index (χ1v) is 5.80. The highest BCUT2D eigenvalue weighted by Crippen LogP contribution is 2.34. The van der Waals surface area contributed by atoms with Crippen LogP contribution in [0.1, 0.15) is 24.0 Å². The summed E-state index contributed by atoms with van der Waals surface area (Å²) in [7, 11) is 0. The molecule has 0 saturated carbocycles. The van der Waals surface area contributed by atoms with Crippen molar-refractivity contribution in [1.29, 1.82) is 0 Å². The highest BCUT2D eigenvalue weighted by atomic mass is 79.9. The van der Waals surface area contributed by atoms with Gasteiger partial charge in [-0.2, -0.15) is 0 Å². The smallest absolute Gasteiger partial charge is 0.0734 e. The Morgan fingerprint density at radius 2 is 2.50 bits per heavy atom. The third-order valence-electron chi connectivity index (χ3n) is 2.27. The molecule has 1 aromatic heterocycles. The Kier molecular flexibility index (Phi) is 2.53. The van der Waals surface area contributed by atoms with Crippen molar-refractivity contribution in [3.63, 3.8) is 0 Å². The predicted octanol–water partition coefficient (Wildman–Crippen LogP) is 3.19. The Hall–Kier alpha value is 0.140. The van der Waals surface area contributed by atoms with Gasteiger partial charge in [-0.1, -0.05) is 6.92 Å². The number of hydrogen-bond donors (Lipinski definition) is 0. The van der Waals surface area contributed by atoms with E-state index in [9.17, 15) is 0 Å². The van der Waals surface area contributed by atoms with Gasteiger partial charge in [0, 0.05) is 5.92 Å². The molecule has 1 aliphatic heterocycles. The van der Waals surface area contributed by atoms with Crippen molar-refractivity contribution in [3.8, 4) is 0 Å². The Labute approximate surface area is 84.9 Å². The maximum atomic E-state index is 5.49. The fraction of sp³-hybridized carbons (Fsp3) is 0.556. The topological polar surface area (TPSA) is 9.23 Å². The first-order valence-electron chi connectivity index (χ1n) is 4.12. The molecular formula is C9H11BrOS. The van der Waals surface area contributed by atoms with Crippen molar-refractivity contribution in [3.05, 3.63) is 20.3 Å². The second-order valence-electron chi connectivity index (χ2n) is 3.17. The summed E-state index contributed by atoms with van der Waals surface area (Å²) in [6.07, 6.45) is 1.06. The molecule has 0 spiro atoms. The number of thiophene rings is 1. The summed E-state index contributed by atoms with van der Waals surface area (Å²) in [6, 6.07) is 0. The Bertz CT molecular complexity index is 282. The number of hydrogen-bond acceptors (Lipinski definition) is 2. The Morgan fingerprint density at radius 1 is 1.67 bits per heavy atom. The van der Waals surface area contributed by atoms with Gasteiger partial charge in [0.05, 0.1) is 17.0 Å². The number of ether oxygens (including phenoxy) is 1. The van der Waals surface area contributed by atoms with Crippen LogP contribution in [0.25, 0.3) is 0 Å². The van der Waals surface area contributed by atoms with Crippen LogP contribution in [0.3, 0.4) is 0 Å². The van der Waals surface area contributed by atoms with Gasteiger partial charge in [-0.05, 0) is 38.9 Å². The molecule has 0 saturated heterocycles. The zero-order chi connectivity index (χ0) is 8.55. The molecule has 0 bridgehead atoms. The zero-order valence-corrected chi connectivity index (χ0v) is 9.37. The van der Waals surface area contributed by atoms with Gasteiger partial charge in [-0.25, -0.2) is 0 Å². The Balaban J connectivity index is 2.41. The van der Waals surface area contributed by atoms with Gasteiger partial charge in [0.2, 0.25) is 0 Å². The molecule has 0 amide bonds. The zero-order valence-electron chi connectivity index (χ0n) is 6.97. The van der Waals surface area contributed by atoms with Crippen LogP contribution in [0.2, 0.25) is 0 Å². The van der Waals surface area contributed by atoms with E-state index in [4.69, 9.17) is 4.74 Å². The van der Waals surface area contributed by atoms with Crippen molar-refractivity contribution < 1.29 is 4.74 Å². The average Bonchev–Trinajstić information content (AvgIpc) is 2.30. The first-order chi connectivity index (χ1) is 5.79. The highest BCUT2D eigenvalue weighted by Gasteiger charge is 2.18. The molecule has 0 aromatic carbocycles. The van der Waals surface area contributed by atoms with E-state index in [1.54, 1.807) is 11.3 Å². The molecule has 66 valence electrons. The van der Waals surface area contributed by atoms with Gasteiger partial charge in [0.25, 0.3) is 0 Å². The molecule has 0 aliphatic carbocycles. The van der Waals surface area contributed by atoms with E-state index >= 15 is 0 Å². The molecule has 0 N–H and O–H groups in total. The van der Waals surface area contributed by atoms with E-state index in [1.807, 2.05) is 0 Å². The van der Waals surface area contributed by atoms with E-state index in [1.165, 1.54) is 14.9 Å². The third kappa shape index (κ3) is 1.45. The molecule has 1 unspecified atom stereocenters. The second-order valence-corrected chi connectivity index (χ2v) is 5.37. The van der Waals surface area contributed by atoms with Crippen molar-refractivity contribution in [2.24, 2.45) is 0 Å². The SMILES string of the molecule is CC1COCCc2c1csc2Br. The minimum Gasteiger partial charge on any atom is -0.380 e. The quantitative estimate of drug-likeness (QED) is 0.684. The van der Waals surface area contributed by atoms with Crippen LogP contribution in [0.4, 0.5) is 0 Å². The van der Waals surface area contributed by atoms with E-state index in [-0.39, 0.29) is 0 Å². The summed E-state index contributed by atoms with van der Waals surface area (Å²) in [5.41, 5.74) is 2.94. The lowest BCUT2D eigenvalue weighted by Gasteiger charge is -2.06. The van der Waals surface area contributed by atoms with Gasteiger partial charge < -0.3 is 4.74 Å². The fourth-order valence-corrected chi connectivity index (χ4v) is 3.23. The molecule has 1 nitrogen and oxygen atoms in total. The molecule has 1 aromatic rings. The van der Waals surface area contributed by atoms with E-state index in [2.05, 4.69) is 28.2 Å². The average molecular weight is 247 g/mol. The standard InChI is InChI=1S/C9H11BrOS/c1-6-4-11-3-2-7-8(6)5-12-9(7)10/h5-6H,2-4H2,1H3. The monoisotopic (exact) mass is 246 g/mol. The third-order valence-corrected chi connectivity index (χ3v) is 4.13. The number of rotatable bonds is 0. The summed E-state index contributed by atoms with van der Waals surface area (Å²) in [6.45, 7) is 3.96. The second kappa shape index (κ2) is 3.48. The molecule has 12 heavy (non-hydrogen) atoms. The minimum atomic E-state index is 0.560. The van der Waals surface area contributed by atoms with Crippen LogP contribution in [0, 0.1) is 0 Å². The first kappa shape index (κ1) is 8.73. The lowest BCUT2D eigenvalue weighted by atomic mass is 10.0. The van der Waals surface area contributed by atoms with Gasteiger partial charge >= 0.3 is 0 Å². The fourth-order valence-electron chi connectivity index (χ4n) is 1.55. The van der Waals surface area contributed by atoms with Crippen LogP contribution >= 0.6 is 27.3 Å². The largest absolute Gasteiger partial charge is 0.380 e. The van der Waals surface area contributed by atoms with Crippen molar-refractivity contribution in [2.75, 3.05) is 13.2 Å². The summed E-state index contributed by atoms with van der Waals surface area (Å²) >= 11 is 5.37. The lowest BCUT2D eigenvalue weighted by Crippen LogP contribution is -2.00. The number of halogens is 1. The van der Waals surface area contributed by atoms with Gasteiger partial charge in [0.15, 0.2) is 0 Å². The van der Waals surface area contributed by atoms with Crippen LogP contribution in [-0.4, -0.2) is 13.2 Å². The molecule has 0 fully saturated rings. The van der Waals surface area contributed by atoms with Crippen LogP contribution in [-0.2, 0) is 11.2 Å². The predicted molar refractivity (Wildman–Crippen MR) is 55.0 cm³/mol. The van der Waals surface area contributed by atoms with Crippen molar-refractivity contribution in [2.45, 2.75) is 19.3 Å². The Morgan fingerprint density at radius 3 is 3.33 bits per heavy atom. The van der Waals surface area contributed by atoms with Crippen molar-refractivity contribution >= 4 is 27.3 Å². The minimum absolute atomic E-state index is 0.560. The molecule has 1 atom stereocenters. The van der Waals surface area contributed by atoms with E-state index in [0.29, 0.717) is 5.92 Å². The maximum Gasteiger partial charge on any atom is 0.0734 e. The molecule has 3 heteroatoms. The van der Waals surface area contributed by atoms with Crippen molar-refractivity contribution in [1.82, 2.24) is 0 Å². The summed E-state index contributed by atoms with van der Waals surface area (Å²) in [5, 5.41) is 2.25. The van der Waals surface area contributed by atoms with Crippen LogP contribution < -0.4 is 0 Å². The van der Waals surface area contributed by atoms with E-state index < -0.39 is 0 Å². The molecule has 1 aliphatic rings.